The SMILES string of the molecule is Cc1[nH]ncc1C(=O)N[C@@H](CO)Cc1ccccc1. The first-order valence-corrected chi connectivity index (χ1v) is 6.16. The van der Waals surface area contributed by atoms with E-state index >= 15 is 0 Å². The Balaban J connectivity index is 2.00. The Morgan fingerprint density at radius 3 is 2.74 bits per heavy atom. The average Bonchev–Trinajstić information content (AvgIpc) is 2.85. The number of hydrogen-bond donors (Lipinski definition) is 3. The molecule has 0 fully saturated rings. The molecule has 0 spiro atoms. The van der Waals surface area contributed by atoms with Crippen LogP contribution in [0.2, 0.25) is 0 Å². The third-order valence-electron chi connectivity index (χ3n) is 2.96. The van der Waals surface area contributed by atoms with E-state index in [0.717, 1.165) is 5.56 Å². The number of aromatic amines is 1. The van der Waals surface area contributed by atoms with Crippen molar-refractivity contribution in [2.24, 2.45) is 0 Å². The summed E-state index contributed by atoms with van der Waals surface area (Å²) in [6, 6.07) is 9.45. The molecular formula is C14H17N3O2. The van der Waals surface area contributed by atoms with Crippen molar-refractivity contribution in [1.82, 2.24) is 15.5 Å². The number of rotatable bonds is 5. The first kappa shape index (κ1) is 13.3. The molecule has 0 bridgehead atoms. The van der Waals surface area contributed by atoms with Crippen molar-refractivity contribution in [3.8, 4) is 0 Å². The van der Waals surface area contributed by atoms with Crippen LogP contribution < -0.4 is 5.32 Å². The molecule has 1 atom stereocenters. The van der Waals surface area contributed by atoms with Gasteiger partial charge in [-0.15, -0.1) is 0 Å². The summed E-state index contributed by atoms with van der Waals surface area (Å²) in [4.78, 5) is 12.0. The zero-order valence-corrected chi connectivity index (χ0v) is 10.8. The van der Waals surface area contributed by atoms with Crippen LogP contribution >= 0.6 is 0 Å². The number of carbonyl (C=O) groups excluding carboxylic acids is 1. The van der Waals surface area contributed by atoms with Gasteiger partial charge in [0.2, 0.25) is 0 Å². The standard InChI is InChI=1S/C14H17N3O2/c1-10-13(8-15-17-10)14(19)16-12(9-18)7-11-5-3-2-4-6-11/h2-6,8,12,18H,7,9H2,1H3,(H,15,17)(H,16,19)/t12-/m1/s1. The summed E-state index contributed by atoms with van der Waals surface area (Å²) in [6.07, 6.45) is 2.08. The predicted molar refractivity (Wildman–Crippen MR) is 71.8 cm³/mol. The van der Waals surface area contributed by atoms with Crippen LogP contribution in [0.25, 0.3) is 0 Å². The predicted octanol–water partition coefficient (Wildman–Crippen LogP) is 1.05. The number of benzene rings is 1. The maximum absolute atomic E-state index is 12.0. The monoisotopic (exact) mass is 259 g/mol. The van der Waals surface area contributed by atoms with Crippen molar-refractivity contribution < 1.29 is 9.90 Å². The molecule has 0 saturated heterocycles. The van der Waals surface area contributed by atoms with Gasteiger partial charge in [0.15, 0.2) is 0 Å². The Morgan fingerprint density at radius 1 is 1.42 bits per heavy atom. The van der Waals surface area contributed by atoms with Crippen molar-refractivity contribution in [3.05, 3.63) is 53.3 Å². The van der Waals surface area contributed by atoms with E-state index in [1.54, 1.807) is 6.92 Å². The number of aromatic nitrogens is 2. The fourth-order valence-corrected chi connectivity index (χ4v) is 1.90. The van der Waals surface area contributed by atoms with E-state index in [9.17, 15) is 9.90 Å². The fourth-order valence-electron chi connectivity index (χ4n) is 1.90. The molecule has 2 rings (SSSR count). The minimum atomic E-state index is -0.302. The first-order valence-electron chi connectivity index (χ1n) is 6.16. The fraction of sp³-hybridized carbons (Fsp3) is 0.286. The molecule has 1 heterocycles. The van der Waals surface area contributed by atoms with Crippen molar-refractivity contribution in [3.63, 3.8) is 0 Å². The Bertz CT molecular complexity index is 537. The Hall–Kier alpha value is -2.14. The van der Waals surface area contributed by atoms with Gasteiger partial charge in [0.05, 0.1) is 24.4 Å². The Kier molecular flexibility index (Phi) is 4.30. The van der Waals surface area contributed by atoms with Gasteiger partial charge in [0.1, 0.15) is 0 Å². The molecule has 0 aliphatic carbocycles. The molecule has 0 aliphatic heterocycles. The van der Waals surface area contributed by atoms with Crippen LogP contribution in [0.4, 0.5) is 0 Å². The third-order valence-corrected chi connectivity index (χ3v) is 2.96. The van der Waals surface area contributed by atoms with Crippen LogP contribution in [0.1, 0.15) is 21.6 Å². The molecule has 1 aromatic carbocycles. The van der Waals surface area contributed by atoms with Gasteiger partial charge in [-0.3, -0.25) is 9.89 Å². The topological polar surface area (TPSA) is 78.0 Å². The molecule has 1 amide bonds. The summed E-state index contributed by atoms with van der Waals surface area (Å²) in [5, 5.41) is 18.7. The van der Waals surface area contributed by atoms with Crippen LogP contribution in [0, 0.1) is 6.92 Å². The van der Waals surface area contributed by atoms with Gasteiger partial charge in [-0.25, -0.2) is 0 Å². The molecule has 0 unspecified atom stereocenters. The number of amides is 1. The van der Waals surface area contributed by atoms with Gasteiger partial charge >= 0.3 is 0 Å². The summed E-state index contributed by atoms with van der Waals surface area (Å²) >= 11 is 0. The molecule has 5 nitrogen and oxygen atoms in total. The summed E-state index contributed by atoms with van der Waals surface area (Å²) in [7, 11) is 0. The largest absolute Gasteiger partial charge is 0.394 e. The lowest BCUT2D eigenvalue weighted by atomic mass is 10.1. The summed E-state index contributed by atoms with van der Waals surface area (Å²) in [5.74, 6) is -0.221. The van der Waals surface area contributed by atoms with E-state index in [2.05, 4.69) is 15.5 Å². The molecule has 0 radical (unpaired) electrons. The van der Waals surface area contributed by atoms with Crippen molar-refractivity contribution in [1.29, 1.82) is 0 Å². The van der Waals surface area contributed by atoms with Gasteiger partial charge in [0.25, 0.3) is 5.91 Å². The number of nitrogens with one attached hydrogen (secondary N) is 2. The zero-order chi connectivity index (χ0) is 13.7. The first-order chi connectivity index (χ1) is 9.20. The number of aryl methyl sites for hydroxylation is 1. The van der Waals surface area contributed by atoms with Crippen LogP contribution in [0.5, 0.6) is 0 Å². The van der Waals surface area contributed by atoms with E-state index in [1.165, 1.54) is 6.20 Å². The van der Waals surface area contributed by atoms with E-state index in [-0.39, 0.29) is 18.6 Å². The summed E-state index contributed by atoms with van der Waals surface area (Å²) in [6.45, 7) is 1.69. The van der Waals surface area contributed by atoms with Crippen LogP contribution in [-0.2, 0) is 6.42 Å². The second-order valence-electron chi connectivity index (χ2n) is 4.45. The average molecular weight is 259 g/mol. The minimum Gasteiger partial charge on any atom is -0.394 e. The van der Waals surface area contributed by atoms with Crippen LogP contribution in [0.3, 0.4) is 0 Å². The molecule has 1 aromatic heterocycles. The van der Waals surface area contributed by atoms with E-state index in [4.69, 9.17) is 0 Å². The smallest absolute Gasteiger partial charge is 0.255 e. The highest BCUT2D eigenvalue weighted by molar-refractivity contribution is 5.95. The lowest BCUT2D eigenvalue weighted by Crippen LogP contribution is -2.39. The normalized spacial score (nSPS) is 12.1. The molecule has 19 heavy (non-hydrogen) atoms. The second-order valence-corrected chi connectivity index (χ2v) is 4.45. The van der Waals surface area contributed by atoms with Crippen molar-refractivity contribution >= 4 is 5.91 Å². The van der Waals surface area contributed by atoms with Crippen molar-refractivity contribution in [2.45, 2.75) is 19.4 Å². The summed E-state index contributed by atoms with van der Waals surface area (Å²) in [5.41, 5.74) is 2.30. The van der Waals surface area contributed by atoms with E-state index in [0.29, 0.717) is 17.7 Å². The Labute approximate surface area is 111 Å². The highest BCUT2D eigenvalue weighted by atomic mass is 16.3. The number of aliphatic hydroxyl groups excluding tert-OH is 1. The molecule has 3 N–H and O–H groups in total. The maximum atomic E-state index is 12.0. The molecular weight excluding hydrogens is 242 g/mol. The number of aliphatic hydroxyl groups is 1. The Morgan fingerprint density at radius 2 is 2.16 bits per heavy atom. The van der Waals surface area contributed by atoms with Crippen LogP contribution in [0.15, 0.2) is 36.5 Å². The molecule has 100 valence electrons. The second kappa shape index (κ2) is 6.15. The molecule has 0 aliphatic rings. The van der Waals surface area contributed by atoms with Crippen LogP contribution in [-0.4, -0.2) is 33.9 Å². The quantitative estimate of drug-likeness (QED) is 0.751. The van der Waals surface area contributed by atoms with Gasteiger partial charge < -0.3 is 10.4 Å². The minimum absolute atomic E-state index is 0.0997. The zero-order valence-electron chi connectivity index (χ0n) is 10.8. The lowest BCUT2D eigenvalue weighted by Gasteiger charge is -2.16. The van der Waals surface area contributed by atoms with Gasteiger partial charge in [-0.05, 0) is 18.9 Å². The lowest BCUT2D eigenvalue weighted by molar-refractivity contribution is 0.0916. The third kappa shape index (κ3) is 3.42. The van der Waals surface area contributed by atoms with Gasteiger partial charge in [-0.2, -0.15) is 5.10 Å². The molecule has 0 saturated carbocycles. The highest BCUT2D eigenvalue weighted by Crippen LogP contribution is 2.06. The van der Waals surface area contributed by atoms with Crippen molar-refractivity contribution in [2.75, 3.05) is 6.61 Å². The van der Waals surface area contributed by atoms with E-state index < -0.39 is 0 Å². The van der Waals surface area contributed by atoms with E-state index in [1.807, 2.05) is 30.3 Å². The number of carbonyl (C=O) groups is 1. The number of H-pyrrole nitrogens is 1. The molecule has 2 aromatic rings. The number of nitrogens with zero attached hydrogens (tertiary/aromatic N) is 1. The number of hydrogen-bond acceptors (Lipinski definition) is 3. The molecule has 5 heteroatoms. The van der Waals surface area contributed by atoms with Gasteiger partial charge in [-0.1, -0.05) is 30.3 Å². The highest BCUT2D eigenvalue weighted by Gasteiger charge is 2.16. The van der Waals surface area contributed by atoms with Gasteiger partial charge in [0, 0.05) is 5.69 Å². The summed E-state index contributed by atoms with van der Waals surface area (Å²) < 4.78 is 0. The maximum Gasteiger partial charge on any atom is 0.255 e.